The molecule has 4 aliphatic rings. The molecule has 4 fully saturated rings. The van der Waals surface area contributed by atoms with Gasteiger partial charge in [-0.3, -0.25) is 4.90 Å². The molecule has 4 aliphatic heterocycles. The van der Waals surface area contributed by atoms with Crippen molar-refractivity contribution in [2.75, 3.05) is 39.3 Å². The van der Waals surface area contributed by atoms with Crippen LogP contribution < -0.4 is 0 Å². The zero-order valence-electron chi connectivity index (χ0n) is 11.5. The molecule has 0 spiro atoms. The van der Waals surface area contributed by atoms with Gasteiger partial charge in [-0.25, -0.2) is 4.79 Å². The summed E-state index contributed by atoms with van der Waals surface area (Å²) in [7, 11) is 0. The lowest BCUT2D eigenvalue weighted by Crippen LogP contribution is -2.59. The van der Waals surface area contributed by atoms with E-state index >= 15 is 0 Å². The van der Waals surface area contributed by atoms with Crippen LogP contribution in [0, 0.1) is 5.92 Å². The van der Waals surface area contributed by atoms with E-state index in [1.165, 1.54) is 32.5 Å². The molecule has 1 unspecified atom stereocenters. The quantitative estimate of drug-likeness (QED) is 0.811. The Bertz CT molecular complexity index is 321. The number of carboxylic acids is 1. The van der Waals surface area contributed by atoms with Crippen LogP contribution in [0.3, 0.4) is 0 Å². The number of carboxylic acid groups (broad SMARTS) is 1. The smallest absolute Gasteiger partial charge is 0.329 e. The van der Waals surface area contributed by atoms with Crippen molar-refractivity contribution in [1.29, 1.82) is 0 Å². The monoisotopic (exact) mass is 268 g/mol. The normalized spacial score (nSPS) is 36.5. The van der Waals surface area contributed by atoms with Gasteiger partial charge < -0.3 is 14.7 Å². The van der Waals surface area contributed by atoms with Crippen molar-refractivity contribution in [3.63, 3.8) is 0 Å². The van der Waals surface area contributed by atoms with E-state index in [1.807, 2.05) is 0 Å². The molecule has 4 rings (SSSR count). The summed E-state index contributed by atoms with van der Waals surface area (Å²) in [5, 5.41) is 8.63. The molecule has 4 heterocycles. The zero-order chi connectivity index (χ0) is 13.2. The average molecular weight is 268 g/mol. The number of piperidine rings is 4. The average Bonchev–Trinajstić information content (AvgIpc) is 2.47. The van der Waals surface area contributed by atoms with E-state index in [0.29, 0.717) is 0 Å². The number of hydrogen-bond donors (Lipinski definition) is 1. The van der Waals surface area contributed by atoms with Crippen LogP contribution in [0.5, 0.6) is 0 Å². The molecular weight excluding hydrogens is 244 g/mol. The lowest BCUT2D eigenvalue weighted by molar-refractivity contribution is -0.145. The highest BCUT2D eigenvalue weighted by Gasteiger charge is 2.38. The topological polar surface area (TPSA) is 53.0 Å². The summed E-state index contributed by atoms with van der Waals surface area (Å²) in [5.74, 6) is 0.0290. The maximum atomic E-state index is 10.5. The second-order valence-electron chi connectivity index (χ2n) is 6.15. The number of likely N-dealkylation sites (tertiary alicyclic amines) is 1. The third kappa shape index (κ3) is 3.09. The number of ether oxygens (including phenoxy) is 1. The van der Waals surface area contributed by atoms with Gasteiger partial charge >= 0.3 is 5.97 Å². The Morgan fingerprint density at radius 3 is 2.32 bits per heavy atom. The van der Waals surface area contributed by atoms with Crippen molar-refractivity contribution < 1.29 is 14.6 Å². The van der Waals surface area contributed by atoms with Crippen LogP contribution in [0.1, 0.15) is 25.7 Å². The Hall–Kier alpha value is -0.650. The summed E-state index contributed by atoms with van der Waals surface area (Å²) < 4.78 is 5.41. The van der Waals surface area contributed by atoms with Crippen molar-refractivity contribution in [2.45, 2.75) is 37.8 Å². The number of rotatable bonds is 4. The number of fused-ring (bicyclic) bond motifs is 3. The summed E-state index contributed by atoms with van der Waals surface area (Å²) in [6.07, 6.45) is 4.83. The minimum atomic E-state index is -0.861. The highest BCUT2D eigenvalue weighted by atomic mass is 16.5. The molecule has 0 amide bonds. The Morgan fingerprint density at radius 2 is 1.79 bits per heavy atom. The third-order valence-electron chi connectivity index (χ3n) is 5.01. The van der Waals surface area contributed by atoms with E-state index in [9.17, 15) is 4.79 Å². The molecule has 5 nitrogen and oxygen atoms in total. The van der Waals surface area contributed by atoms with Gasteiger partial charge in [-0.05, 0) is 44.7 Å². The second kappa shape index (κ2) is 5.77. The van der Waals surface area contributed by atoms with Crippen LogP contribution in [0.25, 0.3) is 0 Å². The van der Waals surface area contributed by atoms with Gasteiger partial charge in [-0.1, -0.05) is 0 Å². The highest BCUT2D eigenvalue weighted by Crippen LogP contribution is 2.32. The molecule has 0 saturated carbocycles. The maximum Gasteiger partial charge on any atom is 0.329 e. The molecule has 5 heteroatoms. The SMILES string of the molecule is O=C(O)COC1CCN(C2CN3CCC2CC3)CC1. The van der Waals surface area contributed by atoms with Crippen LogP contribution in [0.4, 0.5) is 0 Å². The van der Waals surface area contributed by atoms with E-state index in [4.69, 9.17) is 9.84 Å². The number of nitrogens with zero attached hydrogens (tertiary/aromatic N) is 2. The fraction of sp³-hybridized carbons (Fsp3) is 0.929. The van der Waals surface area contributed by atoms with Crippen molar-refractivity contribution in [1.82, 2.24) is 9.80 Å². The first-order valence-electron chi connectivity index (χ1n) is 7.52. The number of carbonyl (C=O) groups is 1. The fourth-order valence-corrected chi connectivity index (χ4v) is 3.91. The highest BCUT2D eigenvalue weighted by molar-refractivity contribution is 5.68. The van der Waals surface area contributed by atoms with Crippen LogP contribution in [0.15, 0.2) is 0 Å². The maximum absolute atomic E-state index is 10.5. The summed E-state index contributed by atoms with van der Waals surface area (Å²) >= 11 is 0. The van der Waals surface area contributed by atoms with E-state index in [2.05, 4.69) is 9.80 Å². The Balaban J connectivity index is 1.46. The molecular formula is C14H24N2O3. The second-order valence-corrected chi connectivity index (χ2v) is 6.15. The lowest BCUT2D eigenvalue weighted by atomic mass is 9.82. The predicted molar refractivity (Wildman–Crippen MR) is 71.1 cm³/mol. The Morgan fingerprint density at radius 1 is 1.11 bits per heavy atom. The zero-order valence-corrected chi connectivity index (χ0v) is 11.5. The van der Waals surface area contributed by atoms with E-state index < -0.39 is 5.97 Å². The summed E-state index contributed by atoms with van der Waals surface area (Å²) in [6, 6.07) is 0.739. The van der Waals surface area contributed by atoms with Gasteiger partial charge in [0.25, 0.3) is 0 Å². The molecule has 19 heavy (non-hydrogen) atoms. The van der Waals surface area contributed by atoms with Gasteiger partial charge in [0, 0.05) is 25.7 Å². The molecule has 1 atom stereocenters. The predicted octanol–water partition coefficient (Wildman–Crippen LogP) is 0.646. The van der Waals surface area contributed by atoms with E-state index in [0.717, 1.165) is 37.9 Å². The van der Waals surface area contributed by atoms with Crippen LogP contribution in [0.2, 0.25) is 0 Å². The third-order valence-corrected chi connectivity index (χ3v) is 5.01. The number of aliphatic carboxylic acids is 1. The van der Waals surface area contributed by atoms with Gasteiger partial charge in [-0.15, -0.1) is 0 Å². The first-order chi connectivity index (χ1) is 9.22. The molecule has 0 aromatic carbocycles. The first kappa shape index (κ1) is 13.3. The first-order valence-corrected chi connectivity index (χ1v) is 7.52. The molecule has 0 aromatic rings. The van der Waals surface area contributed by atoms with Crippen LogP contribution >= 0.6 is 0 Å². The van der Waals surface area contributed by atoms with Crippen molar-refractivity contribution in [2.24, 2.45) is 5.92 Å². The Labute approximate surface area is 114 Å². The van der Waals surface area contributed by atoms with Crippen LogP contribution in [-0.2, 0) is 9.53 Å². The molecule has 1 N–H and O–H groups in total. The van der Waals surface area contributed by atoms with Crippen molar-refractivity contribution >= 4 is 5.97 Å². The largest absolute Gasteiger partial charge is 0.480 e. The molecule has 0 radical (unpaired) electrons. The summed E-state index contributed by atoms with van der Waals surface area (Å²) in [6.45, 7) is 5.81. The summed E-state index contributed by atoms with van der Waals surface area (Å²) in [5.41, 5.74) is 0. The minimum Gasteiger partial charge on any atom is -0.480 e. The van der Waals surface area contributed by atoms with Gasteiger partial charge in [0.2, 0.25) is 0 Å². The van der Waals surface area contributed by atoms with Crippen LogP contribution in [-0.4, -0.2) is 72.4 Å². The minimum absolute atomic E-state index is 0.147. The lowest BCUT2D eigenvalue weighted by Gasteiger charge is -2.50. The summed E-state index contributed by atoms with van der Waals surface area (Å²) in [4.78, 5) is 15.7. The van der Waals surface area contributed by atoms with Gasteiger partial charge in [-0.2, -0.15) is 0 Å². The standard InChI is InChI=1S/C14H24N2O3/c17-14(18)10-19-12-3-7-16(8-4-12)13-9-15-5-1-11(13)2-6-15/h11-13H,1-10H2,(H,17,18). The molecule has 108 valence electrons. The van der Waals surface area contributed by atoms with Crippen molar-refractivity contribution in [3.05, 3.63) is 0 Å². The molecule has 0 aliphatic carbocycles. The fourth-order valence-electron chi connectivity index (χ4n) is 3.91. The van der Waals surface area contributed by atoms with E-state index in [-0.39, 0.29) is 12.7 Å². The van der Waals surface area contributed by atoms with Gasteiger partial charge in [0.15, 0.2) is 0 Å². The van der Waals surface area contributed by atoms with Gasteiger partial charge in [0.05, 0.1) is 6.10 Å². The van der Waals surface area contributed by atoms with Crippen molar-refractivity contribution in [3.8, 4) is 0 Å². The molecule has 2 bridgehead atoms. The van der Waals surface area contributed by atoms with Gasteiger partial charge in [0.1, 0.15) is 6.61 Å². The number of hydrogen-bond acceptors (Lipinski definition) is 4. The molecule has 4 saturated heterocycles. The van der Waals surface area contributed by atoms with E-state index in [1.54, 1.807) is 0 Å². The Kier molecular flexibility index (Phi) is 4.05. The molecule has 0 aromatic heterocycles.